The van der Waals surface area contributed by atoms with Crippen LogP contribution in [0.25, 0.3) is 11.1 Å². The van der Waals surface area contributed by atoms with Gasteiger partial charge in [-0.1, -0.05) is 42.5 Å². The van der Waals surface area contributed by atoms with Crippen molar-refractivity contribution >= 4 is 22.1 Å². The molecule has 0 radical (unpaired) electrons. The number of nitrogens with one attached hydrogen (secondary N) is 1. The van der Waals surface area contributed by atoms with Gasteiger partial charge in [-0.25, -0.2) is 17.9 Å². The van der Waals surface area contributed by atoms with Crippen molar-refractivity contribution in [1.82, 2.24) is 9.62 Å². The van der Waals surface area contributed by atoms with Gasteiger partial charge < -0.3 is 19.5 Å². The van der Waals surface area contributed by atoms with Gasteiger partial charge in [-0.05, 0) is 64.2 Å². The lowest BCUT2D eigenvalue weighted by atomic mass is 9.96. The van der Waals surface area contributed by atoms with Gasteiger partial charge >= 0.3 is 12.1 Å². The number of rotatable bonds is 11. The molecule has 1 heterocycles. The second-order valence-electron chi connectivity index (χ2n) is 10.4. The molecule has 2 atom stereocenters. The summed E-state index contributed by atoms with van der Waals surface area (Å²) in [5.74, 6) is -0.247. The Kier molecular flexibility index (Phi) is 9.78. The van der Waals surface area contributed by atoms with Crippen LogP contribution in [-0.2, 0) is 26.0 Å². The van der Waals surface area contributed by atoms with E-state index in [0.717, 1.165) is 16.7 Å². The average molecular weight is 547 g/mol. The Morgan fingerprint density at radius 2 is 1.87 bits per heavy atom. The fourth-order valence-corrected chi connectivity index (χ4v) is 5.35. The fourth-order valence-electron chi connectivity index (χ4n) is 4.45. The number of sulfonamides is 1. The van der Waals surface area contributed by atoms with Gasteiger partial charge in [-0.3, -0.25) is 4.79 Å². The van der Waals surface area contributed by atoms with E-state index in [1.807, 2.05) is 48.5 Å². The van der Waals surface area contributed by atoms with Crippen LogP contribution in [0, 0.1) is 0 Å². The summed E-state index contributed by atoms with van der Waals surface area (Å²) in [7, 11) is -3.47. The molecule has 2 unspecified atom stereocenters. The van der Waals surface area contributed by atoms with Gasteiger partial charge in [0.15, 0.2) is 0 Å². The van der Waals surface area contributed by atoms with E-state index in [9.17, 15) is 18.0 Å². The predicted octanol–water partition coefficient (Wildman–Crippen LogP) is 4.46. The highest BCUT2D eigenvalue weighted by Gasteiger charge is 2.40. The number of likely N-dealkylation sites (tertiary alicyclic amines) is 1. The van der Waals surface area contributed by atoms with E-state index in [-0.39, 0.29) is 18.8 Å². The van der Waals surface area contributed by atoms with E-state index in [1.54, 1.807) is 32.6 Å². The Morgan fingerprint density at radius 3 is 2.55 bits per heavy atom. The zero-order valence-corrected chi connectivity index (χ0v) is 23.3. The molecule has 38 heavy (non-hydrogen) atoms. The number of aliphatic carboxylic acids is 1. The monoisotopic (exact) mass is 546 g/mol. The molecular formula is C28H38N2O7S. The number of carboxylic acid groups (broad SMARTS) is 1. The molecular weight excluding hydrogens is 508 g/mol. The highest BCUT2D eigenvalue weighted by molar-refractivity contribution is 7.89. The molecule has 9 nitrogen and oxygen atoms in total. The van der Waals surface area contributed by atoms with Crippen LogP contribution in [0.4, 0.5) is 4.79 Å². The van der Waals surface area contributed by atoms with Crippen molar-refractivity contribution in [2.24, 2.45) is 0 Å². The van der Waals surface area contributed by atoms with Crippen LogP contribution < -0.4 is 9.46 Å². The molecule has 10 heteroatoms. The molecule has 1 saturated heterocycles. The number of carbonyl (C=O) groups is 2. The highest BCUT2D eigenvalue weighted by Crippen LogP contribution is 2.32. The number of carboxylic acids is 1. The van der Waals surface area contributed by atoms with Gasteiger partial charge in [0.2, 0.25) is 10.0 Å². The molecule has 2 aromatic rings. The van der Waals surface area contributed by atoms with Gasteiger partial charge in [-0.15, -0.1) is 0 Å². The lowest BCUT2D eigenvalue weighted by Gasteiger charge is -2.31. The second kappa shape index (κ2) is 12.6. The summed E-state index contributed by atoms with van der Waals surface area (Å²) in [5, 5.41) is 8.87. The molecule has 1 amide bonds. The number of carbonyl (C=O) groups excluding carboxylic acids is 1. The van der Waals surface area contributed by atoms with Crippen LogP contribution in [0.3, 0.4) is 0 Å². The van der Waals surface area contributed by atoms with Gasteiger partial charge in [-0.2, -0.15) is 0 Å². The summed E-state index contributed by atoms with van der Waals surface area (Å²) in [6.07, 6.45) is 0.912. The maximum Gasteiger partial charge on any atom is 0.410 e. The number of para-hydroxylation sites is 1. The van der Waals surface area contributed by atoms with Gasteiger partial charge in [0.25, 0.3) is 0 Å². The summed E-state index contributed by atoms with van der Waals surface area (Å²) in [6.45, 7) is 7.68. The van der Waals surface area contributed by atoms with E-state index in [2.05, 4.69) is 4.72 Å². The quantitative estimate of drug-likeness (QED) is 0.399. The molecule has 3 rings (SSSR count). The van der Waals surface area contributed by atoms with Crippen LogP contribution in [0.5, 0.6) is 5.75 Å². The van der Waals surface area contributed by atoms with Crippen LogP contribution >= 0.6 is 0 Å². The second-order valence-corrected chi connectivity index (χ2v) is 12.4. The number of nitrogens with zero attached hydrogens (tertiary/aromatic N) is 1. The minimum Gasteiger partial charge on any atom is -0.493 e. The van der Waals surface area contributed by atoms with Crippen molar-refractivity contribution in [1.29, 1.82) is 0 Å². The van der Waals surface area contributed by atoms with Crippen molar-refractivity contribution in [3.05, 3.63) is 54.1 Å². The average Bonchev–Trinajstić information content (AvgIpc) is 3.22. The van der Waals surface area contributed by atoms with Crippen molar-refractivity contribution < 1.29 is 32.6 Å². The van der Waals surface area contributed by atoms with Gasteiger partial charge in [0, 0.05) is 24.6 Å². The Labute approximate surface area is 225 Å². The number of amides is 1. The molecule has 2 N–H and O–H groups in total. The maximum atomic E-state index is 13.0. The Balaban J connectivity index is 1.85. The molecule has 0 spiro atoms. The maximum absolute atomic E-state index is 13.0. The number of hydrogen-bond donors (Lipinski definition) is 2. The topological polar surface area (TPSA) is 122 Å². The molecule has 2 aromatic carbocycles. The van der Waals surface area contributed by atoms with Gasteiger partial charge in [0.1, 0.15) is 11.4 Å². The van der Waals surface area contributed by atoms with E-state index < -0.39 is 39.8 Å². The van der Waals surface area contributed by atoms with Crippen LogP contribution in [0.2, 0.25) is 0 Å². The highest BCUT2D eigenvalue weighted by atomic mass is 32.2. The Morgan fingerprint density at radius 1 is 1.13 bits per heavy atom. The molecule has 0 aromatic heterocycles. The Bertz CT molecular complexity index is 1220. The minimum absolute atomic E-state index is 0.0378. The fraction of sp³-hybridized carbons (Fsp3) is 0.500. The first-order chi connectivity index (χ1) is 17.9. The first kappa shape index (κ1) is 29.4. The molecule has 1 aliphatic heterocycles. The Hall–Kier alpha value is -3.11. The van der Waals surface area contributed by atoms with Crippen molar-refractivity contribution in [3.8, 4) is 16.9 Å². The standard InChI is InChI=1S/C28H38N2O7S/c1-5-38(34,35)29-23-15-16-30(27(33)37-28(2,3)4)24(23)19-20-10-8-11-21(18-20)22-12-6-7-13-25(22)36-17-9-14-26(31)32/h6-8,10-13,18,23-24,29H,5,9,14-17,19H2,1-4H3,(H,31,32). The predicted molar refractivity (Wildman–Crippen MR) is 146 cm³/mol. The number of hydrogen-bond acceptors (Lipinski definition) is 6. The largest absolute Gasteiger partial charge is 0.493 e. The van der Waals surface area contributed by atoms with E-state index in [4.69, 9.17) is 14.6 Å². The third kappa shape index (κ3) is 8.46. The zero-order valence-electron chi connectivity index (χ0n) is 22.5. The third-order valence-electron chi connectivity index (χ3n) is 6.25. The van der Waals surface area contributed by atoms with Crippen LogP contribution in [-0.4, -0.2) is 67.1 Å². The lowest BCUT2D eigenvalue weighted by molar-refractivity contribution is -0.137. The SMILES string of the molecule is CCS(=O)(=O)NC1CCN(C(=O)OC(C)(C)C)C1Cc1cccc(-c2ccccc2OCCCC(=O)O)c1. The third-order valence-corrected chi connectivity index (χ3v) is 7.67. The van der Waals surface area contributed by atoms with E-state index in [0.29, 0.717) is 31.6 Å². The van der Waals surface area contributed by atoms with Crippen molar-refractivity contribution in [3.63, 3.8) is 0 Å². The van der Waals surface area contributed by atoms with Crippen molar-refractivity contribution in [2.45, 2.75) is 71.1 Å². The first-order valence-electron chi connectivity index (χ1n) is 12.9. The number of benzene rings is 2. The van der Waals surface area contributed by atoms with Crippen LogP contribution in [0.1, 0.15) is 52.5 Å². The smallest absolute Gasteiger partial charge is 0.410 e. The molecule has 1 fully saturated rings. The summed E-state index contributed by atoms with van der Waals surface area (Å²) in [4.78, 5) is 25.4. The summed E-state index contributed by atoms with van der Waals surface area (Å²) in [5.41, 5.74) is 2.04. The minimum atomic E-state index is -3.47. The molecule has 0 aliphatic carbocycles. The molecule has 1 aliphatic rings. The first-order valence-corrected chi connectivity index (χ1v) is 14.6. The summed E-state index contributed by atoms with van der Waals surface area (Å²) >= 11 is 0. The zero-order chi connectivity index (χ0) is 27.9. The van der Waals surface area contributed by atoms with Gasteiger partial charge in [0.05, 0.1) is 18.4 Å². The molecule has 0 saturated carbocycles. The summed E-state index contributed by atoms with van der Waals surface area (Å²) < 4.78 is 39.1. The summed E-state index contributed by atoms with van der Waals surface area (Å²) in [6, 6.07) is 14.6. The number of ether oxygens (including phenoxy) is 2. The lowest BCUT2D eigenvalue weighted by Crippen LogP contribution is -2.49. The van der Waals surface area contributed by atoms with E-state index >= 15 is 0 Å². The van der Waals surface area contributed by atoms with Crippen molar-refractivity contribution in [2.75, 3.05) is 18.9 Å². The molecule has 208 valence electrons. The molecule has 0 bridgehead atoms. The van der Waals surface area contributed by atoms with E-state index in [1.165, 1.54) is 0 Å². The van der Waals surface area contributed by atoms with Crippen LogP contribution in [0.15, 0.2) is 48.5 Å². The normalized spacial score (nSPS) is 17.8.